The van der Waals surface area contributed by atoms with E-state index in [1.807, 2.05) is 0 Å². The molecule has 0 radical (unpaired) electrons. The van der Waals surface area contributed by atoms with Crippen LogP contribution < -0.4 is 0 Å². The summed E-state index contributed by atoms with van der Waals surface area (Å²) >= 11 is 7.57. The monoisotopic (exact) mass is 390 g/mol. The first-order valence-corrected chi connectivity index (χ1v) is 8.28. The first-order valence-electron chi connectivity index (χ1n) is 6.69. The van der Waals surface area contributed by atoms with Crippen molar-refractivity contribution in [1.82, 2.24) is 0 Å². The molecule has 0 heterocycles. The number of fused-ring (bicyclic) bond motifs is 2. The lowest BCUT2D eigenvalue weighted by Crippen LogP contribution is -2.10. The van der Waals surface area contributed by atoms with Crippen molar-refractivity contribution in [3.63, 3.8) is 0 Å². The molecule has 0 nitrogen and oxygen atoms in total. The van der Waals surface area contributed by atoms with Gasteiger partial charge < -0.3 is 0 Å². The Bertz CT molecular complexity index is 811. The molecule has 0 saturated carbocycles. The summed E-state index contributed by atoms with van der Waals surface area (Å²) in [5, 5.41) is 5.01. The van der Waals surface area contributed by atoms with Crippen LogP contribution in [0.15, 0.2) is 51.4 Å². The third-order valence-electron chi connectivity index (χ3n) is 3.76. The first kappa shape index (κ1) is 14.1. The number of hydrogen-bond acceptors (Lipinski definition) is 0. The Morgan fingerprint density at radius 1 is 0.700 bits per heavy atom. The van der Waals surface area contributed by atoms with Crippen LogP contribution in [-0.2, 0) is 5.41 Å². The molecule has 0 aliphatic rings. The van der Waals surface area contributed by atoms with E-state index in [1.165, 1.54) is 36.1 Å². The molecule has 0 N–H and O–H groups in total. The maximum atomic E-state index is 3.80. The highest BCUT2D eigenvalue weighted by Crippen LogP contribution is 2.40. The molecule has 0 unspecified atom stereocenters. The van der Waals surface area contributed by atoms with Crippen LogP contribution in [0.4, 0.5) is 0 Å². The van der Waals surface area contributed by atoms with Gasteiger partial charge in [0.15, 0.2) is 0 Å². The largest absolute Gasteiger partial charge is 0.0616 e. The van der Waals surface area contributed by atoms with Gasteiger partial charge in [-0.2, -0.15) is 0 Å². The van der Waals surface area contributed by atoms with Crippen molar-refractivity contribution < 1.29 is 0 Å². The predicted molar refractivity (Wildman–Crippen MR) is 95.6 cm³/mol. The summed E-state index contributed by atoms with van der Waals surface area (Å²) < 4.78 is 2.35. The van der Waals surface area contributed by atoms with Crippen LogP contribution in [-0.4, -0.2) is 0 Å². The normalized spacial score (nSPS) is 12.2. The molecular formula is C18H16Br2. The molecule has 20 heavy (non-hydrogen) atoms. The quantitative estimate of drug-likeness (QED) is 0.369. The van der Waals surface area contributed by atoms with Crippen LogP contribution >= 0.6 is 31.9 Å². The molecule has 3 aromatic carbocycles. The van der Waals surface area contributed by atoms with Crippen molar-refractivity contribution in [3.05, 3.63) is 57.0 Å². The van der Waals surface area contributed by atoms with Crippen LogP contribution in [0.5, 0.6) is 0 Å². The topological polar surface area (TPSA) is 0 Å². The van der Waals surface area contributed by atoms with Gasteiger partial charge in [0, 0.05) is 8.95 Å². The van der Waals surface area contributed by atoms with Crippen LogP contribution in [0.25, 0.3) is 21.5 Å². The highest BCUT2D eigenvalue weighted by Gasteiger charge is 2.16. The molecule has 0 amide bonds. The fraction of sp³-hybridized carbons (Fsp3) is 0.222. The molecule has 0 bridgehead atoms. The van der Waals surface area contributed by atoms with E-state index < -0.39 is 0 Å². The molecule has 0 fully saturated rings. The van der Waals surface area contributed by atoms with Gasteiger partial charge in [-0.3, -0.25) is 0 Å². The molecule has 0 aliphatic carbocycles. The summed E-state index contributed by atoms with van der Waals surface area (Å²) in [7, 11) is 0. The molecule has 0 aromatic heterocycles. The van der Waals surface area contributed by atoms with E-state index in [4.69, 9.17) is 0 Å². The lowest BCUT2D eigenvalue weighted by Gasteiger charge is -2.20. The van der Waals surface area contributed by atoms with Gasteiger partial charge in [0.2, 0.25) is 0 Å². The average Bonchev–Trinajstić information content (AvgIpc) is 2.43. The lowest BCUT2D eigenvalue weighted by molar-refractivity contribution is 0.591. The van der Waals surface area contributed by atoms with Crippen molar-refractivity contribution in [2.75, 3.05) is 0 Å². The van der Waals surface area contributed by atoms with E-state index in [9.17, 15) is 0 Å². The van der Waals surface area contributed by atoms with Crippen LogP contribution in [0.3, 0.4) is 0 Å². The van der Waals surface area contributed by atoms with Gasteiger partial charge >= 0.3 is 0 Å². The maximum absolute atomic E-state index is 3.80. The Hall–Kier alpha value is -0.860. The minimum absolute atomic E-state index is 0.158. The second kappa shape index (κ2) is 4.85. The van der Waals surface area contributed by atoms with Gasteiger partial charge in [0.25, 0.3) is 0 Å². The smallest absolute Gasteiger partial charge is 0.0333 e. The van der Waals surface area contributed by atoms with Crippen molar-refractivity contribution in [2.24, 2.45) is 0 Å². The Kier molecular flexibility index (Phi) is 3.42. The lowest BCUT2D eigenvalue weighted by atomic mass is 9.85. The number of halogens is 2. The third-order valence-corrected chi connectivity index (χ3v) is 5.47. The van der Waals surface area contributed by atoms with Crippen LogP contribution in [0.2, 0.25) is 0 Å². The zero-order valence-corrected chi connectivity index (χ0v) is 15.0. The van der Waals surface area contributed by atoms with Gasteiger partial charge in [-0.05, 0) is 70.4 Å². The van der Waals surface area contributed by atoms with E-state index in [2.05, 4.69) is 95.1 Å². The molecule has 0 aliphatic heterocycles. The van der Waals surface area contributed by atoms with Gasteiger partial charge in [0.1, 0.15) is 0 Å². The number of benzene rings is 3. The summed E-state index contributed by atoms with van der Waals surface area (Å²) in [6, 6.07) is 15.2. The maximum Gasteiger partial charge on any atom is 0.0333 e. The summed E-state index contributed by atoms with van der Waals surface area (Å²) in [6.07, 6.45) is 0. The summed E-state index contributed by atoms with van der Waals surface area (Å²) in [5.74, 6) is 0. The van der Waals surface area contributed by atoms with Gasteiger partial charge in [-0.25, -0.2) is 0 Å². The highest BCUT2D eigenvalue weighted by molar-refractivity contribution is 9.11. The Morgan fingerprint density at radius 2 is 1.20 bits per heavy atom. The SMILES string of the molecule is CC(C)(C)c1ccc2c(Br)c3ccccc3c(Br)c2c1. The zero-order chi connectivity index (χ0) is 14.5. The number of hydrogen-bond donors (Lipinski definition) is 0. The Labute approximate surface area is 136 Å². The van der Waals surface area contributed by atoms with Gasteiger partial charge in [0.05, 0.1) is 0 Å². The van der Waals surface area contributed by atoms with Gasteiger partial charge in [-0.1, -0.05) is 57.2 Å². The minimum atomic E-state index is 0.158. The summed E-state index contributed by atoms with van der Waals surface area (Å²) in [4.78, 5) is 0. The second-order valence-electron chi connectivity index (χ2n) is 6.18. The summed E-state index contributed by atoms with van der Waals surface area (Å²) in [6.45, 7) is 6.74. The fourth-order valence-electron chi connectivity index (χ4n) is 2.54. The predicted octanol–water partition coefficient (Wildman–Crippen LogP) is 6.82. The van der Waals surface area contributed by atoms with Crippen LogP contribution in [0.1, 0.15) is 26.3 Å². The van der Waals surface area contributed by atoms with E-state index in [0.717, 1.165) is 0 Å². The van der Waals surface area contributed by atoms with E-state index in [-0.39, 0.29) is 5.41 Å². The van der Waals surface area contributed by atoms with Crippen molar-refractivity contribution in [3.8, 4) is 0 Å². The zero-order valence-electron chi connectivity index (χ0n) is 11.8. The molecular weight excluding hydrogens is 376 g/mol. The molecule has 2 heteroatoms. The van der Waals surface area contributed by atoms with E-state index in [0.29, 0.717) is 0 Å². The molecule has 0 saturated heterocycles. The highest BCUT2D eigenvalue weighted by atomic mass is 79.9. The average molecular weight is 392 g/mol. The van der Waals surface area contributed by atoms with E-state index >= 15 is 0 Å². The van der Waals surface area contributed by atoms with Crippen molar-refractivity contribution >= 4 is 53.4 Å². The van der Waals surface area contributed by atoms with Crippen LogP contribution in [0, 0.1) is 0 Å². The summed E-state index contributed by atoms with van der Waals surface area (Å²) in [5.41, 5.74) is 1.51. The molecule has 0 atom stereocenters. The minimum Gasteiger partial charge on any atom is -0.0616 e. The van der Waals surface area contributed by atoms with Gasteiger partial charge in [-0.15, -0.1) is 0 Å². The van der Waals surface area contributed by atoms with Crippen molar-refractivity contribution in [2.45, 2.75) is 26.2 Å². The molecule has 0 spiro atoms. The molecule has 102 valence electrons. The first-order chi connectivity index (χ1) is 9.39. The fourth-order valence-corrected chi connectivity index (χ4v) is 3.91. The second-order valence-corrected chi connectivity index (χ2v) is 7.77. The standard InChI is InChI=1S/C18H16Br2/c1-18(2,3)11-8-9-14-15(10-11)17(20)13-7-5-4-6-12(13)16(14)19/h4-10H,1-3H3. The number of rotatable bonds is 0. The Morgan fingerprint density at radius 3 is 1.75 bits per heavy atom. The van der Waals surface area contributed by atoms with Crippen molar-refractivity contribution in [1.29, 1.82) is 0 Å². The molecule has 3 rings (SSSR count). The Balaban J connectivity index is 2.47. The molecule has 3 aromatic rings. The van der Waals surface area contributed by atoms with E-state index in [1.54, 1.807) is 0 Å². The third kappa shape index (κ3) is 2.19.